The lowest BCUT2D eigenvalue weighted by molar-refractivity contribution is -0.188. The van der Waals surface area contributed by atoms with E-state index in [4.69, 9.17) is 0 Å². The van der Waals surface area contributed by atoms with Crippen LogP contribution in [0.15, 0.2) is 0 Å². The topological polar surface area (TPSA) is 40.6 Å². The summed E-state index contributed by atoms with van der Waals surface area (Å²) in [4.78, 5) is 25.1. The van der Waals surface area contributed by atoms with E-state index in [1.165, 1.54) is 23.8 Å². The van der Waals surface area contributed by atoms with Gasteiger partial charge in [0.05, 0.1) is 12.5 Å². The van der Waals surface area contributed by atoms with Gasteiger partial charge in [0.1, 0.15) is 0 Å². The summed E-state index contributed by atoms with van der Waals surface area (Å²) in [7, 11) is 1.45. The van der Waals surface area contributed by atoms with Gasteiger partial charge in [0.15, 0.2) is 0 Å². The van der Waals surface area contributed by atoms with Crippen molar-refractivity contribution in [1.82, 2.24) is 9.80 Å². The molecule has 1 saturated heterocycles. The standard InChI is InChI=1S/C11H17F3N2O2/c1-8(17)15(2)7-10(18)16-5-3-4-9(6-16)11(12,13)14/h9H,3-7H2,1-2H3/t9-/m1/s1. The van der Waals surface area contributed by atoms with Crippen LogP contribution in [-0.4, -0.2) is 54.5 Å². The Morgan fingerprint density at radius 3 is 2.50 bits per heavy atom. The molecular formula is C11H17F3N2O2. The fourth-order valence-corrected chi connectivity index (χ4v) is 1.89. The van der Waals surface area contributed by atoms with Crippen LogP contribution in [0.5, 0.6) is 0 Å². The van der Waals surface area contributed by atoms with Crippen molar-refractivity contribution < 1.29 is 22.8 Å². The average Bonchev–Trinajstić information content (AvgIpc) is 2.27. The number of hydrogen-bond donors (Lipinski definition) is 0. The summed E-state index contributed by atoms with van der Waals surface area (Å²) in [5, 5.41) is 0. The maximum Gasteiger partial charge on any atom is 0.393 e. The van der Waals surface area contributed by atoms with Gasteiger partial charge in [-0.05, 0) is 12.8 Å². The van der Waals surface area contributed by atoms with Crippen molar-refractivity contribution >= 4 is 11.8 Å². The molecule has 0 aromatic heterocycles. The predicted octanol–water partition coefficient (Wildman–Crippen LogP) is 1.27. The molecule has 2 amide bonds. The summed E-state index contributed by atoms with van der Waals surface area (Å²) in [5.74, 6) is -2.16. The Hall–Kier alpha value is -1.27. The number of likely N-dealkylation sites (tertiary alicyclic amines) is 1. The normalized spacial score (nSPS) is 20.7. The number of alkyl halides is 3. The summed E-state index contributed by atoms with van der Waals surface area (Å²) >= 11 is 0. The summed E-state index contributed by atoms with van der Waals surface area (Å²) in [6.45, 7) is 1.17. The number of carbonyl (C=O) groups is 2. The van der Waals surface area contributed by atoms with Crippen molar-refractivity contribution in [3.05, 3.63) is 0 Å². The van der Waals surface area contributed by atoms with Gasteiger partial charge in [0, 0.05) is 27.1 Å². The maximum absolute atomic E-state index is 12.6. The smallest absolute Gasteiger partial charge is 0.341 e. The Kier molecular flexibility index (Phi) is 4.59. The minimum absolute atomic E-state index is 0.0653. The van der Waals surface area contributed by atoms with E-state index in [2.05, 4.69) is 0 Å². The van der Waals surface area contributed by atoms with Crippen LogP contribution < -0.4 is 0 Å². The molecule has 0 unspecified atom stereocenters. The third-order valence-corrected chi connectivity index (χ3v) is 3.15. The van der Waals surface area contributed by atoms with E-state index < -0.39 is 18.0 Å². The SMILES string of the molecule is CC(=O)N(C)CC(=O)N1CCC[C@@H](C(F)(F)F)C1. The van der Waals surface area contributed by atoms with Crippen LogP contribution in [-0.2, 0) is 9.59 Å². The van der Waals surface area contributed by atoms with Crippen molar-refractivity contribution in [3.63, 3.8) is 0 Å². The van der Waals surface area contributed by atoms with Gasteiger partial charge >= 0.3 is 6.18 Å². The largest absolute Gasteiger partial charge is 0.393 e. The Labute approximate surface area is 104 Å². The van der Waals surface area contributed by atoms with E-state index in [1.54, 1.807) is 0 Å². The summed E-state index contributed by atoms with van der Waals surface area (Å²) in [5.41, 5.74) is 0. The van der Waals surface area contributed by atoms with Crippen LogP contribution in [0.25, 0.3) is 0 Å². The first kappa shape index (κ1) is 14.8. The molecular weight excluding hydrogens is 249 g/mol. The van der Waals surface area contributed by atoms with Gasteiger partial charge in [-0.3, -0.25) is 9.59 Å². The third kappa shape index (κ3) is 3.89. The zero-order valence-electron chi connectivity index (χ0n) is 10.5. The Morgan fingerprint density at radius 1 is 1.39 bits per heavy atom. The van der Waals surface area contributed by atoms with E-state index >= 15 is 0 Å². The number of carbonyl (C=O) groups excluding carboxylic acids is 2. The van der Waals surface area contributed by atoms with Gasteiger partial charge < -0.3 is 9.80 Å². The molecule has 1 rings (SSSR count). The molecule has 0 aliphatic carbocycles. The van der Waals surface area contributed by atoms with E-state index in [0.29, 0.717) is 13.0 Å². The molecule has 1 aliphatic heterocycles. The summed E-state index contributed by atoms with van der Waals surface area (Å²) < 4.78 is 37.7. The first-order valence-electron chi connectivity index (χ1n) is 5.78. The van der Waals surface area contributed by atoms with Crippen LogP contribution >= 0.6 is 0 Å². The molecule has 0 radical (unpaired) electrons. The van der Waals surface area contributed by atoms with E-state index in [-0.39, 0.29) is 25.4 Å². The Balaban J connectivity index is 2.56. The highest BCUT2D eigenvalue weighted by Gasteiger charge is 2.42. The van der Waals surface area contributed by atoms with Crippen LogP contribution in [0, 0.1) is 5.92 Å². The Bertz CT molecular complexity index is 331. The number of nitrogens with zero attached hydrogens (tertiary/aromatic N) is 2. The van der Waals surface area contributed by atoms with Gasteiger partial charge in [-0.25, -0.2) is 0 Å². The number of amides is 2. The van der Waals surface area contributed by atoms with Crippen LogP contribution in [0.3, 0.4) is 0 Å². The number of halogens is 3. The van der Waals surface area contributed by atoms with E-state index in [1.807, 2.05) is 0 Å². The molecule has 0 N–H and O–H groups in total. The van der Waals surface area contributed by atoms with Gasteiger partial charge in [-0.1, -0.05) is 0 Å². The second-order valence-corrected chi connectivity index (χ2v) is 4.60. The summed E-state index contributed by atoms with van der Waals surface area (Å²) in [6, 6.07) is 0. The van der Waals surface area contributed by atoms with E-state index in [0.717, 1.165) is 0 Å². The molecule has 1 atom stereocenters. The quantitative estimate of drug-likeness (QED) is 0.755. The van der Waals surface area contributed by atoms with Crippen molar-refractivity contribution in [2.24, 2.45) is 5.92 Å². The van der Waals surface area contributed by atoms with Crippen LogP contribution in [0.1, 0.15) is 19.8 Å². The second kappa shape index (κ2) is 5.58. The molecule has 1 fully saturated rings. The van der Waals surface area contributed by atoms with Crippen molar-refractivity contribution in [1.29, 1.82) is 0 Å². The number of likely N-dealkylation sites (N-methyl/N-ethyl adjacent to an activating group) is 1. The molecule has 1 heterocycles. The Morgan fingerprint density at radius 2 is 2.00 bits per heavy atom. The molecule has 7 heteroatoms. The third-order valence-electron chi connectivity index (χ3n) is 3.15. The highest BCUT2D eigenvalue weighted by Crippen LogP contribution is 2.33. The zero-order chi connectivity index (χ0) is 13.9. The molecule has 0 spiro atoms. The van der Waals surface area contributed by atoms with Crippen molar-refractivity contribution in [2.75, 3.05) is 26.7 Å². The van der Waals surface area contributed by atoms with Gasteiger partial charge in [0.2, 0.25) is 11.8 Å². The molecule has 18 heavy (non-hydrogen) atoms. The highest BCUT2D eigenvalue weighted by atomic mass is 19.4. The van der Waals surface area contributed by atoms with Gasteiger partial charge in [-0.15, -0.1) is 0 Å². The summed E-state index contributed by atoms with van der Waals surface area (Å²) in [6.07, 6.45) is -3.85. The fraction of sp³-hybridized carbons (Fsp3) is 0.818. The lowest BCUT2D eigenvalue weighted by atomic mass is 9.97. The number of hydrogen-bond acceptors (Lipinski definition) is 2. The molecule has 0 aromatic rings. The van der Waals surface area contributed by atoms with Crippen LogP contribution in [0.2, 0.25) is 0 Å². The molecule has 104 valence electrons. The predicted molar refractivity (Wildman–Crippen MR) is 58.7 cm³/mol. The van der Waals surface area contributed by atoms with Gasteiger partial charge in [0.25, 0.3) is 0 Å². The first-order chi connectivity index (χ1) is 8.21. The molecule has 0 bridgehead atoms. The molecule has 0 aromatic carbocycles. The van der Waals surface area contributed by atoms with Crippen LogP contribution in [0.4, 0.5) is 13.2 Å². The second-order valence-electron chi connectivity index (χ2n) is 4.60. The lowest BCUT2D eigenvalue weighted by Crippen LogP contribution is -2.48. The fourth-order valence-electron chi connectivity index (χ4n) is 1.89. The zero-order valence-corrected chi connectivity index (χ0v) is 10.5. The number of piperidine rings is 1. The van der Waals surface area contributed by atoms with Crippen molar-refractivity contribution in [3.8, 4) is 0 Å². The minimum atomic E-state index is -4.26. The highest BCUT2D eigenvalue weighted by molar-refractivity contribution is 5.83. The average molecular weight is 266 g/mol. The molecule has 4 nitrogen and oxygen atoms in total. The lowest BCUT2D eigenvalue weighted by Gasteiger charge is -2.34. The van der Waals surface area contributed by atoms with E-state index in [9.17, 15) is 22.8 Å². The molecule has 0 saturated carbocycles. The van der Waals surface area contributed by atoms with Gasteiger partial charge in [-0.2, -0.15) is 13.2 Å². The minimum Gasteiger partial charge on any atom is -0.341 e. The number of rotatable bonds is 2. The molecule has 1 aliphatic rings. The first-order valence-corrected chi connectivity index (χ1v) is 5.78. The van der Waals surface area contributed by atoms with Crippen molar-refractivity contribution in [2.45, 2.75) is 25.9 Å². The maximum atomic E-state index is 12.6. The monoisotopic (exact) mass is 266 g/mol.